The van der Waals surface area contributed by atoms with Gasteiger partial charge in [-0.2, -0.15) is 0 Å². The molecule has 6 heteroatoms. The Morgan fingerprint density at radius 3 is 2.41 bits per heavy atom. The van der Waals surface area contributed by atoms with Gasteiger partial charge in [0.25, 0.3) is 5.91 Å². The topological polar surface area (TPSA) is 64.6 Å². The number of amides is 1. The second-order valence-corrected chi connectivity index (χ2v) is 7.96. The Bertz CT molecular complexity index is 818. The number of rotatable bonds is 10. The highest BCUT2D eigenvalue weighted by Gasteiger charge is 2.10. The Kier molecular flexibility index (Phi) is 9.19. The van der Waals surface area contributed by atoms with Crippen LogP contribution in [0.25, 0.3) is 0 Å². The minimum atomic E-state index is -0.350. The Balaban J connectivity index is 1.82. The summed E-state index contributed by atoms with van der Waals surface area (Å²) in [5, 5.41) is 2.76. The zero-order chi connectivity index (χ0) is 21.2. The molecule has 29 heavy (non-hydrogen) atoms. The number of unbranched alkanes of at least 4 members (excludes halogenated alkanes) is 2. The van der Waals surface area contributed by atoms with Crippen LogP contribution in [-0.2, 0) is 9.53 Å². The molecule has 0 bridgehead atoms. The third-order valence-corrected chi connectivity index (χ3v) is 4.99. The molecule has 0 atom stereocenters. The van der Waals surface area contributed by atoms with Crippen LogP contribution in [0.15, 0.2) is 46.9 Å². The summed E-state index contributed by atoms with van der Waals surface area (Å²) in [6.45, 7) is 6.65. The molecular formula is C23H28BrNO4. The Hall–Kier alpha value is -2.34. The largest absolute Gasteiger partial charge is 0.483 e. The molecule has 2 aromatic rings. The SMILES string of the molecule is CCCCCOC(=O)c1ccc(NC(=O)COc2ccc(C(C)C)cc2Br)cc1. The fourth-order valence-corrected chi connectivity index (χ4v) is 3.13. The van der Waals surface area contributed by atoms with E-state index in [1.807, 2.05) is 18.2 Å². The molecule has 0 aromatic heterocycles. The molecule has 0 aliphatic rings. The minimum absolute atomic E-state index is 0.110. The van der Waals surface area contributed by atoms with Crippen molar-refractivity contribution in [2.45, 2.75) is 46.0 Å². The van der Waals surface area contributed by atoms with Crippen molar-refractivity contribution < 1.29 is 19.1 Å². The lowest BCUT2D eigenvalue weighted by Crippen LogP contribution is -2.20. The molecule has 0 spiro atoms. The van der Waals surface area contributed by atoms with Crippen molar-refractivity contribution in [2.75, 3.05) is 18.5 Å². The van der Waals surface area contributed by atoms with E-state index in [0.717, 1.165) is 23.7 Å². The standard InChI is InChI=1S/C23H28BrNO4/c1-4-5-6-13-28-23(27)17-7-10-19(11-8-17)25-22(26)15-29-21-12-9-18(16(2)3)14-20(21)24/h7-12,14,16H,4-6,13,15H2,1-3H3,(H,25,26). The van der Waals surface area contributed by atoms with Gasteiger partial charge in [0.15, 0.2) is 6.61 Å². The van der Waals surface area contributed by atoms with E-state index >= 15 is 0 Å². The predicted molar refractivity (Wildman–Crippen MR) is 119 cm³/mol. The number of halogens is 1. The molecule has 0 saturated carbocycles. The second-order valence-electron chi connectivity index (χ2n) is 7.10. The molecule has 1 N–H and O–H groups in total. The van der Waals surface area contributed by atoms with Crippen LogP contribution in [0, 0.1) is 0 Å². The van der Waals surface area contributed by atoms with Gasteiger partial charge in [-0.05, 0) is 70.2 Å². The highest BCUT2D eigenvalue weighted by atomic mass is 79.9. The maximum atomic E-state index is 12.2. The molecule has 0 aliphatic heterocycles. The van der Waals surface area contributed by atoms with E-state index in [0.29, 0.717) is 29.5 Å². The summed E-state index contributed by atoms with van der Waals surface area (Å²) in [7, 11) is 0. The van der Waals surface area contributed by atoms with Gasteiger partial charge in [-0.1, -0.05) is 39.7 Å². The number of carbonyl (C=O) groups is 2. The quantitative estimate of drug-likeness (QED) is 0.351. The zero-order valence-corrected chi connectivity index (χ0v) is 18.8. The minimum Gasteiger partial charge on any atom is -0.483 e. The molecular weight excluding hydrogens is 434 g/mol. The Labute approximate surface area is 180 Å². The first-order valence-corrected chi connectivity index (χ1v) is 10.7. The fourth-order valence-electron chi connectivity index (χ4n) is 2.62. The van der Waals surface area contributed by atoms with Crippen LogP contribution in [-0.4, -0.2) is 25.1 Å². The van der Waals surface area contributed by atoms with Gasteiger partial charge in [0.1, 0.15) is 5.75 Å². The molecule has 2 rings (SSSR count). The van der Waals surface area contributed by atoms with Gasteiger partial charge in [-0.3, -0.25) is 4.79 Å². The van der Waals surface area contributed by atoms with Crippen molar-refractivity contribution in [3.8, 4) is 5.75 Å². The maximum Gasteiger partial charge on any atom is 0.338 e. The van der Waals surface area contributed by atoms with E-state index in [2.05, 4.69) is 42.0 Å². The first kappa shape index (κ1) is 22.9. The van der Waals surface area contributed by atoms with E-state index in [1.165, 1.54) is 5.56 Å². The third kappa shape index (κ3) is 7.54. The van der Waals surface area contributed by atoms with Crippen LogP contribution in [0.5, 0.6) is 5.75 Å². The lowest BCUT2D eigenvalue weighted by atomic mass is 10.0. The van der Waals surface area contributed by atoms with Gasteiger partial charge in [-0.15, -0.1) is 0 Å². The molecule has 0 heterocycles. The molecule has 0 aliphatic carbocycles. The predicted octanol–water partition coefficient (Wildman–Crippen LogP) is 5.94. The van der Waals surface area contributed by atoms with Crippen LogP contribution in [0.3, 0.4) is 0 Å². The summed E-state index contributed by atoms with van der Waals surface area (Å²) in [6, 6.07) is 12.5. The van der Waals surface area contributed by atoms with Gasteiger partial charge < -0.3 is 14.8 Å². The number of hydrogen-bond donors (Lipinski definition) is 1. The first-order chi connectivity index (χ1) is 13.9. The smallest absolute Gasteiger partial charge is 0.338 e. The molecule has 0 radical (unpaired) electrons. The van der Waals surface area contributed by atoms with Gasteiger partial charge >= 0.3 is 5.97 Å². The van der Waals surface area contributed by atoms with Crippen molar-refractivity contribution >= 4 is 33.5 Å². The van der Waals surface area contributed by atoms with Crippen LogP contribution in [0.2, 0.25) is 0 Å². The maximum absolute atomic E-state index is 12.2. The van der Waals surface area contributed by atoms with E-state index in [4.69, 9.17) is 9.47 Å². The molecule has 156 valence electrons. The summed E-state index contributed by atoms with van der Waals surface area (Å²) in [4.78, 5) is 24.1. The Morgan fingerprint density at radius 2 is 1.79 bits per heavy atom. The fraction of sp³-hybridized carbons (Fsp3) is 0.391. The lowest BCUT2D eigenvalue weighted by Gasteiger charge is -2.12. The van der Waals surface area contributed by atoms with E-state index in [1.54, 1.807) is 24.3 Å². The van der Waals surface area contributed by atoms with Crippen molar-refractivity contribution in [1.82, 2.24) is 0 Å². The number of hydrogen-bond acceptors (Lipinski definition) is 4. The zero-order valence-electron chi connectivity index (χ0n) is 17.2. The summed E-state index contributed by atoms with van der Waals surface area (Å²) in [6.07, 6.45) is 2.99. The molecule has 2 aromatic carbocycles. The Morgan fingerprint density at radius 1 is 1.07 bits per heavy atom. The number of nitrogens with one attached hydrogen (secondary N) is 1. The third-order valence-electron chi connectivity index (χ3n) is 4.37. The second kappa shape index (κ2) is 11.6. The van der Waals surface area contributed by atoms with Crippen LogP contribution in [0.4, 0.5) is 5.69 Å². The van der Waals surface area contributed by atoms with Crippen molar-refractivity contribution in [1.29, 1.82) is 0 Å². The number of carbonyl (C=O) groups excluding carboxylic acids is 2. The molecule has 5 nitrogen and oxygen atoms in total. The van der Waals surface area contributed by atoms with Crippen molar-refractivity contribution in [3.63, 3.8) is 0 Å². The number of ether oxygens (including phenoxy) is 2. The highest BCUT2D eigenvalue weighted by molar-refractivity contribution is 9.10. The van der Waals surface area contributed by atoms with Gasteiger partial charge in [0, 0.05) is 5.69 Å². The number of benzene rings is 2. The monoisotopic (exact) mass is 461 g/mol. The summed E-state index contributed by atoms with van der Waals surface area (Å²) in [5.74, 6) is 0.405. The van der Waals surface area contributed by atoms with E-state index in [-0.39, 0.29) is 18.5 Å². The van der Waals surface area contributed by atoms with E-state index in [9.17, 15) is 9.59 Å². The molecule has 0 fully saturated rings. The van der Waals surface area contributed by atoms with Crippen molar-refractivity contribution in [2.24, 2.45) is 0 Å². The summed E-state index contributed by atoms with van der Waals surface area (Å²) >= 11 is 3.48. The highest BCUT2D eigenvalue weighted by Crippen LogP contribution is 2.28. The first-order valence-electron chi connectivity index (χ1n) is 9.90. The van der Waals surface area contributed by atoms with Crippen molar-refractivity contribution in [3.05, 3.63) is 58.1 Å². The summed E-state index contributed by atoms with van der Waals surface area (Å²) in [5.41, 5.74) is 2.25. The van der Waals surface area contributed by atoms with Crippen LogP contribution >= 0.6 is 15.9 Å². The average Bonchev–Trinajstić information content (AvgIpc) is 2.70. The van der Waals surface area contributed by atoms with Gasteiger partial charge in [0.05, 0.1) is 16.6 Å². The van der Waals surface area contributed by atoms with Crippen LogP contribution < -0.4 is 10.1 Å². The van der Waals surface area contributed by atoms with Gasteiger partial charge in [-0.25, -0.2) is 4.79 Å². The van der Waals surface area contributed by atoms with Gasteiger partial charge in [0.2, 0.25) is 0 Å². The molecule has 0 unspecified atom stereocenters. The summed E-state index contributed by atoms with van der Waals surface area (Å²) < 4.78 is 11.6. The lowest BCUT2D eigenvalue weighted by molar-refractivity contribution is -0.118. The number of anilines is 1. The molecule has 0 saturated heterocycles. The van der Waals surface area contributed by atoms with Crippen LogP contribution in [0.1, 0.15) is 61.9 Å². The number of esters is 1. The van der Waals surface area contributed by atoms with E-state index < -0.39 is 0 Å². The normalized spacial score (nSPS) is 10.7. The molecule has 1 amide bonds. The average molecular weight is 462 g/mol.